The Morgan fingerprint density at radius 2 is 1.96 bits per heavy atom. The molecule has 6 heteroatoms. The van der Waals surface area contributed by atoms with Gasteiger partial charge >= 0.3 is 12.1 Å². The Kier molecular flexibility index (Phi) is 5.94. The van der Waals surface area contributed by atoms with E-state index in [1.165, 1.54) is 4.90 Å². The van der Waals surface area contributed by atoms with Crippen molar-refractivity contribution in [3.8, 4) is 0 Å². The van der Waals surface area contributed by atoms with Crippen LogP contribution in [-0.2, 0) is 19.1 Å². The van der Waals surface area contributed by atoms with Gasteiger partial charge in [0.25, 0.3) is 0 Å². The fourth-order valence-electron chi connectivity index (χ4n) is 3.49. The molecule has 144 valence electrons. The van der Waals surface area contributed by atoms with Crippen LogP contribution in [0, 0.1) is 11.8 Å². The van der Waals surface area contributed by atoms with Gasteiger partial charge in [0.2, 0.25) is 0 Å². The average molecular weight is 363 g/mol. The van der Waals surface area contributed by atoms with Gasteiger partial charge in [0.05, 0.1) is 12.3 Å². The molecule has 26 heavy (non-hydrogen) atoms. The van der Waals surface area contributed by atoms with Gasteiger partial charge in [0.15, 0.2) is 5.78 Å². The van der Waals surface area contributed by atoms with Crippen molar-refractivity contribution in [2.45, 2.75) is 60.0 Å². The summed E-state index contributed by atoms with van der Waals surface area (Å²) in [6, 6.07) is 0. The Morgan fingerprint density at radius 3 is 2.54 bits per heavy atom. The van der Waals surface area contributed by atoms with Gasteiger partial charge in [0.1, 0.15) is 11.5 Å². The van der Waals surface area contributed by atoms with Crippen LogP contribution in [0.1, 0.15) is 54.4 Å². The highest BCUT2D eigenvalue weighted by atomic mass is 16.6. The second kappa shape index (κ2) is 7.64. The Bertz CT molecular complexity index is 668. The summed E-state index contributed by atoms with van der Waals surface area (Å²) in [6.07, 6.45) is 2.28. The quantitative estimate of drug-likeness (QED) is 0.553. The molecule has 0 aromatic rings. The smallest absolute Gasteiger partial charge is 0.414 e. The van der Waals surface area contributed by atoms with Crippen LogP contribution in [0.15, 0.2) is 22.9 Å². The van der Waals surface area contributed by atoms with Crippen molar-refractivity contribution in [1.29, 1.82) is 0 Å². The second-order valence-electron chi connectivity index (χ2n) is 7.95. The molecule has 2 atom stereocenters. The number of ether oxygens (including phenoxy) is 2. The summed E-state index contributed by atoms with van der Waals surface area (Å²) < 4.78 is 10.6. The standard InChI is InChI=1S/C20H29NO5/c1-7-25-18(23)14-8-9-21(19(24)26-20(4,5)6)16-13(3)10-12(2)11-15(16)17(14)22/h10,12,14H,7-9,11H2,1-6H3. The highest BCUT2D eigenvalue weighted by Crippen LogP contribution is 2.37. The van der Waals surface area contributed by atoms with Crippen LogP contribution in [0.25, 0.3) is 0 Å². The zero-order chi connectivity index (χ0) is 19.6. The number of carbonyl (C=O) groups excluding carboxylic acids is 3. The van der Waals surface area contributed by atoms with Gasteiger partial charge in [-0.3, -0.25) is 14.5 Å². The SMILES string of the molecule is CCOC(=O)C1CCN(C(=O)OC(C)(C)C)C2=C(CC(C)C=C2C)C1=O. The number of esters is 1. The molecule has 1 aliphatic carbocycles. The molecule has 0 saturated heterocycles. The lowest BCUT2D eigenvalue weighted by atomic mass is 9.84. The van der Waals surface area contributed by atoms with Crippen molar-refractivity contribution < 1.29 is 23.9 Å². The van der Waals surface area contributed by atoms with Crippen LogP contribution in [0.2, 0.25) is 0 Å². The molecular formula is C20H29NO5. The van der Waals surface area contributed by atoms with Crippen molar-refractivity contribution in [3.05, 3.63) is 22.9 Å². The lowest BCUT2D eigenvalue weighted by molar-refractivity contribution is -0.151. The topological polar surface area (TPSA) is 72.9 Å². The summed E-state index contributed by atoms with van der Waals surface area (Å²) in [7, 11) is 0. The van der Waals surface area contributed by atoms with E-state index >= 15 is 0 Å². The fraction of sp³-hybridized carbons (Fsp3) is 0.650. The van der Waals surface area contributed by atoms with Crippen LogP contribution >= 0.6 is 0 Å². The Morgan fingerprint density at radius 1 is 1.31 bits per heavy atom. The maximum Gasteiger partial charge on any atom is 0.414 e. The number of nitrogens with zero attached hydrogens (tertiary/aromatic N) is 1. The lowest BCUT2D eigenvalue weighted by Gasteiger charge is -2.31. The normalized spacial score (nSPS) is 23.8. The number of carbonyl (C=O) groups is 3. The Balaban J connectivity index is 2.46. The first-order valence-electron chi connectivity index (χ1n) is 9.18. The molecule has 0 bridgehead atoms. The molecular weight excluding hydrogens is 334 g/mol. The van der Waals surface area contributed by atoms with E-state index in [2.05, 4.69) is 0 Å². The molecule has 0 fully saturated rings. The van der Waals surface area contributed by atoms with Crippen LogP contribution in [0.5, 0.6) is 0 Å². The molecule has 0 saturated carbocycles. The first-order chi connectivity index (χ1) is 12.0. The summed E-state index contributed by atoms with van der Waals surface area (Å²) in [4.78, 5) is 39.6. The van der Waals surface area contributed by atoms with Crippen LogP contribution < -0.4 is 0 Å². The number of hydrogen-bond donors (Lipinski definition) is 0. The third-order valence-corrected chi connectivity index (χ3v) is 4.43. The van der Waals surface area contributed by atoms with E-state index in [1.54, 1.807) is 27.7 Å². The van der Waals surface area contributed by atoms with Gasteiger partial charge in [-0.05, 0) is 59.0 Å². The van der Waals surface area contributed by atoms with Gasteiger partial charge in [-0.15, -0.1) is 0 Å². The predicted octanol–water partition coefficient (Wildman–Crippen LogP) is 3.62. The van der Waals surface area contributed by atoms with Crippen molar-refractivity contribution in [1.82, 2.24) is 4.90 Å². The third-order valence-electron chi connectivity index (χ3n) is 4.43. The van der Waals surface area contributed by atoms with Crippen molar-refractivity contribution in [2.24, 2.45) is 11.8 Å². The lowest BCUT2D eigenvalue weighted by Crippen LogP contribution is -2.38. The van der Waals surface area contributed by atoms with E-state index in [0.717, 1.165) is 5.57 Å². The largest absolute Gasteiger partial charge is 0.465 e. The number of allylic oxidation sites excluding steroid dienone is 3. The molecule has 0 radical (unpaired) electrons. The first kappa shape index (κ1) is 20.2. The molecule has 2 rings (SSSR count). The van der Waals surface area contributed by atoms with E-state index in [9.17, 15) is 14.4 Å². The van der Waals surface area contributed by atoms with Gasteiger partial charge in [0, 0.05) is 12.1 Å². The minimum Gasteiger partial charge on any atom is -0.465 e. The molecule has 0 aromatic carbocycles. The Labute approximate surface area is 155 Å². The van der Waals surface area contributed by atoms with Crippen LogP contribution in [0.4, 0.5) is 4.79 Å². The summed E-state index contributed by atoms with van der Waals surface area (Å²) in [5.41, 5.74) is 1.34. The van der Waals surface area contributed by atoms with E-state index in [4.69, 9.17) is 9.47 Å². The van der Waals surface area contributed by atoms with E-state index in [0.29, 0.717) is 17.7 Å². The van der Waals surface area contributed by atoms with E-state index < -0.39 is 23.6 Å². The Hall–Kier alpha value is -2.11. The van der Waals surface area contributed by atoms with Crippen molar-refractivity contribution in [3.63, 3.8) is 0 Å². The number of hydrogen-bond acceptors (Lipinski definition) is 5. The fourth-order valence-corrected chi connectivity index (χ4v) is 3.49. The van der Waals surface area contributed by atoms with Gasteiger partial charge in [-0.1, -0.05) is 13.0 Å². The minimum absolute atomic E-state index is 0.166. The van der Waals surface area contributed by atoms with Crippen molar-refractivity contribution in [2.75, 3.05) is 13.2 Å². The predicted molar refractivity (Wildman–Crippen MR) is 97.3 cm³/mol. The summed E-state index contributed by atoms with van der Waals surface area (Å²) >= 11 is 0. The van der Waals surface area contributed by atoms with E-state index in [-0.39, 0.29) is 31.3 Å². The van der Waals surface area contributed by atoms with Gasteiger partial charge < -0.3 is 9.47 Å². The van der Waals surface area contributed by atoms with E-state index in [1.807, 2.05) is 19.9 Å². The number of amides is 1. The summed E-state index contributed by atoms with van der Waals surface area (Å²) in [6.45, 7) is 11.5. The zero-order valence-electron chi connectivity index (χ0n) is 16.5. The first-order valence-corrected chi connectivity index (χ1v) is 9.18. The highest BCUT2D eigenvalue weighted by molar-refractivity contribution is 6.09. The van der Waals surface area contributed by atoms with Crippen molar-refractivity contribution >= 4 is 17.8 Å². The maximum atomic E-state index is 13.1. The summed E-state index contributed by atoms with van der Waals surface area (Å²) in [5, 5.41) is 0. The van der Waals surface area contributed by atoms with Crippen LogP contribution in [-0.4, -0.2) is 41.5 Å². The van der Waals surface area contributed by atoms with Gasteiger partial charge in [-0.25, -0.2) is 4.79 Å². The minimum atomic E-state index is -0.870. The van der Waals surface area contributed by atoms with Gasteiger partial charge in [-0.2, -0.15) is 0 Å². The monoisotopic (exact) mass is 363 g/mol. The molecule has 0 aromatic heterocycles. The molecule has 1 amide bonds. The molecule has 1 aliphatic heterocycles. The number of Topliss-reactive ketones (excluding diaryl/α,β-unsaturated/α-hetero) is 1. The molecule has 0 spiro atoms. The molecule has 0 N–H and O–H groups in total. The number of rotatable bonds is 2. The second-order valence-corrected chi connectivity index (χ2v) is 7.95. The summed E-state index contributed by atoms with van der Waals surface area (Å²) in [5.74, 6) is -1.45. The third kappa shape index (κ3) is 4.34. The van der Waals surface area contributed by atoms with Crippen LogP contribution in [0.3, 0.4) is 0 Å². The maximum absolute atomic E-state index is 13.1. The highest BCUT2D eigenvalue weighted by Gasteiger charge is 2.40. The molecule has 6 nitrogen and oxygen atoms in total. The molecule has 2 unspecified atom stereocenters. The molecule has 1 heterocycles. The average Bonchev–Trinajstić information content (AvgIpc) is 2.63. The molecule has 2 aliphatic rings. The number of ketones is 1. The zero-order valence-corrected chi connectivity index (χ0v) is 16.5.